The molecule has 5 heteroatoms. The van der Waals surface area contributed by atoms with Gasteiger partial charge in [-0.2, -0.15) is 0 Å². The van der Waals surface area contributed by atoms with Crippen molar-refractivity contribution in [3.05, 3.63) is 60.1 Å². The lowest BCUT2D eigenvalue weighted by Crippen LogP contribution is -2.38. The molecule has 2 aromatic rings. The van der Waals surface area contributed by atoms with E-state index in [2.05, 4.69) is 5.32 Å². The Morgan fingerprint density at radius 2 is 1.83 bits per heavy atom. The maximum Gasteiger partial charge on any atom is 0.375 e. The first-order valence-electron chi connectivity index (χ1n) is 7.84. The molecule has 0 spiro atoms. The molecular weight excluding hydrogens is 294 g/mol. The molecule has 1 atom stereocenters. The number of rotatable bonds is 5. The maximum absolute atomic E-state index is 12.6. The highest BCUT2D eigenvalue weighted by molar-refractivity contribution is 5.90. The molecule has 0 radical (unpaired) electrons. The molecule has 3 rings (SSSR count). The Morgan fingerprint density at radius 3 is 2.48 bits per heavy atom. The maximum atomic E-state index is 12.6. The summed E-state index contributed by atoms with van der Waals surface area (Å²) in [7, 11) is 0. The predicted molar refractivity (Wildman–Crippen MR) is 83.7 cm³/mol. The van der Waals surface area contributed by atoms with Crippen LogP contribution >= 0.6 is 0 Å². The smallest absolute Gasteiger partial charge is 0.375 e. The standard InChI is InChI=1S/C18H19NO4/c20-17(19-14-9-4-5-10-14)16(13-7-2-1-3-8-13)23-18(21)15-11-6-12-22-15/h1-3,6-8,11-12,14,16H,4-5,9-10H2,(H,19,20). The molecular formula is C18H19NO4. The van der Waals surface area contributed by atoms with Crippen LogP contribution in [-0.4, -0.2) is 17.9 Å². The number of hydrogen-bond donors (Lipinski definition) is 1. The third-order valence-electron chi connectivity index (χ3n) is 3.99. The van der Waals surface area contributed by atoms with Crippen LogP contribution in [0.1, 0.15) is 47.9 Å². The van der Waals surface area contributed by atoms with E-state index in [0.717, 1.165) is 25.7 Å². The van der Waals surface area contributed by atoms with Crippen LogP contribution in [0.15, 0.2) is 53.1 Å². The average Bonchev–Trinajstić information content (AvgIpc) is 3.26. The van der Waals surface area contributed by atoms with E-state index in [1.165, 1.54) is 12.3 Å². The first-order valence-corrected chi connectivity index (χ1v) is 7.84. The van der Waals surface area contributed by atoms with Crippen LogP contribution in [0.2, 0.25) is 0 Å². The minimum Gasteiger partial charge on any atom is -0.457 e. The highest BCUT2D eigenvalue weighted by atomic mass is 16.6. The highest BCUT2D eigenvalue weighted by Crippen LogP contribution is 2.23. The van der Waals surface area contributed by atoms with Crippen LogP contribution in [0, 0.1) is 0 Å². The van der Waals surface area contributed by atoms with Crippen LogP contribution < -0.4 is 5.32 Å². The van der Waals surface area contributed by atoms with Crippen molar-refractivity contribution in [3.8, 4) is 0 Å². The second-order valence-corrected chi connectivity index (χ2v) is 5.66. The second-order valence-electron chi connectivity index (χ2n) is 5.66. The number of carbonyl (C=O) groups excluding carboxylic acids is 2. The van der Waals surface area contributed by atoms with Crippen LogP contribution in [0.25, 0.3) is 0 Å². The van der Waals surface area contributed by atoms with Gasteiger partial charge in [-0.15, -0.1) is 0 Å². The van der Waals surface area contributed by atoms with Gasteiger partial charge in [-0.1, -0.05) is 43.2 Å². The quantitative estimate of drug-likeness (QED) is 0.860. The number of nitrogens with one attached hydrogen (secondary N) is 1. The molecule has 1 unspecified atom stereocenters. The molecule has 0 aliphatic heterocycles. The van der Waals surface area contributed by atoms with Crippen molar-refractivity contribution in [1.82, 2.24) is 5.32 Å². The van der Waals surface area contributed by atoms with Gasteiger partial charge in [0, 0.05) is 11.6 Å². The minimum atomic E-state index is -0.977. The number of esters is 1. The molecule has 1 fully saturated rings. The molecule has 120 valence electrons. The zero-order valence-corrected chi connectivity index (χ0v) is 12.7. The first-order chi connectivity index (χ1) is 11.2. The molecule has 1 N–H and O–H groups in total. The van der Waals surface area contributed by atoms with E-state index in [1.807, 2.05) is 18.2 Å². The summed E-state index contributed by atoms with van der Waals surface area (Å²) < 4.78 is 10.4. The molecule has 1 amide bonds. The summed E-state index contributed by atoms with van der Waals surface area (Å²) in [6.45, 7) is 0. The summed E-state index contributed by atoms with van der Waals surface area (Å²) in [6.07, 6.45) is 4.60. The van der Waals surface area contributed by atoms with E-state index in [1.54, 1.807) is 18.2 Å². The van der Waals surface area contributed by atoms with E-state index >= 15 is 0 Å². The van der Waals surface area contributed by atoms with Crippen LogP contribution in [-0.2, 0) is 9.53 Å². The van der Waals surface area contributed by atoms with Crippen molar-refractivity contribution in [2.45, 2.75) is 37.8 Å². The van der Waals surface area contributed by atoms with Crippen LogP contribution in [0.3, 0.4) is 0 Å². The van der Waals surface area contributed by atoms with Gasteiger partial charge in [-0.25, -0.2) is 4.79 Å². The highest BCUT2D eigenvalue weighted by Gasteiger charge is 2.29. The lowest BCUT2D eigenvalue weighted by Gasteiger charge is -2.20. The zero-order valence-electron chi connectivity index (χ0n) is 12.7. The second kappa shape index (κ2) is 7.13. The van der Waals surface area contributed by atoms with Crippen molar-refractivity contribution < 1.29 is 18.7 Å². The number of furan rings is 1. The Kier molecular flexibility index (Phi) is 4.76. The van der Waals surface area contributed by atoms with Crippen molar-refractivity contribution in [3.63, 3.8) is 0 Å². The van der Waals surface area contributed by atoms with Crippen molar-refractivity contribution in [2.75, 3.05) is 0 Å². The van der Waals surface area contributed by atoms with E-state index < -0.39 is 12.1 Å². The number of benzene rings is 1. The fourth-order valence-corrected chi connectivity index (χ4v) is 2.81. The monoisotopic (exact) mass is 313 g/mol. The summed E-state index contributed by atoms with van der Waals surface area (Å²) in [5.74, 6) is -0.854. The molecule has 1 aromatic heterocycles. The van der Waals surface area contributed by atoms with Gasteiger partial charge < -0.3 is 14.5 Å². The normalized spacial score (nSPS) is 16.0. The number of amides is 1. The van der Waals surface area contributed by atoms with Gasteiger partial charge in [-0.3, -0.25) is 4.79 Å². The van der Waals surface area contributed by atoms with E-state index in [0.29, 0.717) is 5.56 Å². The van der Waals surface area contributed by atoms with Crippen LogP contribution in [0.5, 0.6) is 0 Å². The van der Waals surface area contributed by atoms with Gasteiger partial charge in [0.2, 0.25) is 11.9 Å². The van der Waals surface area contributed by atoms with Crippen molar-refractivity contribution in [2.24, 2.45) is 0 Å². The third-order valence-corrected chi connectivity index (χ3v) is 3.99. The predicted octanol–water partition coefficient (Wildman–Crippen LogP) is 3.24. The molecule has 0 bridgehead atoms. The Hall–Kier alpha value is -2.56. The molecule has 1 aliphatic rings. The number of carbonyl (C=O) groups is 2. The van der Waals surface area contributed by atoms with Gasteiger partial charge in [-0.05, 0) is 25.0 Å². The van der Waals surface area contributed by atoms with Gasteiger partial charge >= 0.3 is 5.97 Å². The lowest BCUT2D eigenvalue weighted by atomic mass is 10.1. The lowest BCUT2D eigenvalue weighted by molar-refractivity contribution is -0.131. The van der Waals surface area contributed by atoms with E-state index in [4.69, 9.17) is 9.15 Å². The van der Waals surface area contributed by atoms with Gasteiger partial charge in [0.05, 0.1) is 6.26 Å². The average molecular weight is 313 g/mol. The van der Waals surface area contributed by atoms with E-state index in [9.17, 15) is 9.59 Å². The largest absolute Gasteiger partial charge is 0.457 e. The Balaban J connectivity index is 1.76. The van der Waals surface area contributed by atoms with Gasteiger partial charge in [0.1, 0.15) is 0 Å². The molecule has 1 saturated carbocycles. The zero-order chi connectivity index (χ0) is 16.1. The molecule has 1 aromatic carbocycles. The topological polar surface area (TPSA) is 68.5 Å². The molecule has 0 saturated heterocycles. The van der Waals surface area contributed by atoms with Gasteiger partial charge in [0.25, 0.3) is 5.91 Å². The molecule has 1 heterocycles. The summed E-state index contributed by atoms with van der Waals surface area (Å²) in [5, 5.41) is 2.98. The number of ether oxygens (including phenoxy) is 1. The summed E-state index contributed by atoms with van der Waals surface area (Å²) in [6, 6.07) is 12.3. The summed E-state index contributed by atoms with van der Waals surface area (Å²) >= 11 is 0. The fraction of sp³-hybridized carbons (Fsp3) is 0.333. The Bertz CT molecular complexity index is 645. The van der Waals surface area contributed by atoms with Crippen molar-refractivity contribution in [1.29, 1.82) is 0 Å². The third kappa shape index (κ3) is 3.80. The summed E-state index contributed by atoms with van der Waals surface area (Å²) in [5.41, 5.74) is 0.642. The van der Waals surface area contributed by atoms with E-state index in [-0.39, 0.29) is 17.7 Å². The van der Waals surface area contributed by atoms with Crippen molar-refractivity contribution >= 4 is 11.9 Å². The molecule has 1 aliphatic carbocycles. The summed E-state index contributed by atoms with van der Waals surface area (Å²) in [4.78, 5) is 24.7. The SMILES string of the molecule is O=C(OC(C(=O)NC1CCCC1)c1ccccc1)c1ccco1. The Morgan fingerprint density at radius 1 is 1.09 bits per heavy atom. The Labute approximate surface area is 134 Å². The first kappa shape index (κ1) is 15.3. The molecule has 5 nitrogen and oxygen atoms in total. The van der Waals surface area contributed by atoms with Crippen LogP contribution in [0.4, 0.5) is 0 Å². The van der Waals surface area contributed by atoms with Gasteiger partial charge in [0.15, 0.2) is 0 Å². The minimum absolute atomic E-state index is 0.0830. The fourth-order valence-electron chi connectivity index (χ4n) is 2.81. The number of hydrogen-bond acceptors (Lipinski definition) is 4. The molecule has 23 heavy (non-hydrogen) atoms.